The summed E-state index contributed by atoms with van der Waals surface area (Å²) in [6.07, 6.45) is 2.94. The molecule has 0 radical (unpaired) electrons. The minimum absolute atomic E-state index is 0.118. The van der Waals surface area contributed by atoms with Crippen LogP contribution >= 0.6 is 0 Å². The molecule has 0 N–H and O–H groups in total. The summed E-state index contributed by atoms with van der Waals surface area (Å²) in [4.78, 5) is 23.8. The second-order valence-corrected chi connectivity index (χ2v) is 5.74. The fourth-order valence-electron chi connectivity index (χ4n) is 2.64. The Bertz CT molecular complexity index is 826. The maximum Gasteiger partial charge on any atom is 0.348 e. The highest BCUT2D eigenvalue weighted by Crippen LogP contribution is 2.27. The molecule has 0 aliphatic heterocycles. The summed E-state index contributed by atoms with van der Waals surface area (Å²) in [7, 11) is 0. The van der Waals surface area contributed by atoms with Crippen LogP contribution in [0.15, 0.2) is 17.2 Å². The zero-order valence-electron chi connectivity index (χ0n) is 16.2. The Morgan fingerprint density at radius 2 is 1.26 bits per heavy atom. The van der Waals surface area contributed by atoms with Gasteiger partial charge in [0.2, 0.25) is 0 Å². The average Bonchev–Trinajstić information content (AvgIpc) is 2.62. The lowest BCUT2D eigenvalue weighted by Gasteiger charge is -2.14. The fraction of sp³-hybridized carbons (Fsp3) is 0.333. The lowest BCUT2D eigenvalue weighted by Crippen LogP contribution is -2.08. The third-order valence-electron chi connectivity index (χ3n) is 3.90. The van der Waals surface area contributed by atoms with E-state index in [0.717, 1.165) is 16.7 Å². The van der Waals surface area contributed by atoms with Crippen LogP contribution < -0.4 is 0 Å². The van der Waals surface area contributed by atoms with Gasteiger partial charge in [-0.1, -0.05) is 6.07 Å². The van der Waals surface area contributed by atoms with Crippen LogP contribution in [-0.2, 0) is 19.1 Å². The van der Waals surface area contributed by atoms with Crippen LogP contribution in [0.3, 0.4) is 0 Å². The van der Waals surface area contributed by atoms with Gasteiger partial charge in [-0.25, -0.2) is 9.59 Å². The third-order valence-corrected chi connectivity index (χ3v) is 3.90. The Hall–Kier alpha value is -3.38. The number of carbonyl (C=O) groups is 2. The van der Waals surface area contributed by atoms with Gasteiger partial charge in [0.25, 0.3) is 0 Å². The van der Waals surface area contributed by atoms with Crippen LogP contribution in [0, 0.1) is 43.4 Å². The predicted molar refractivity (Wildman–Crippen MR) is 101 cm³/mol. The molecule has 0 aromatic heterocycles. The van der Waals surface area contributed by atoms with Crippen LogP contribution in [-0.4, -0.2) is 25.2 Å². The van der Waals surface area contributed by atoms with Gasteiger partial charge < -0.3 is 9.47 Å². The minimum Gasteiger partial charge on any atom is -0.462 e. The number of ether oxygens (including phenoxy) is 2. The molecule has 0 heterocycles. The van der Waals surface area contributed by atoms with Crippen molar-refractivity contribution in [2.24, 2.45) is 0 Å². The minimum atomic E-state index is -0.694. The van der Waals surface area contributed by atoms with Crippen molar-refractivity contribution in [1.29, 1.82) is 10.5 Å². The quantitative estimate of drug-likeness (QED) is 0.433. The summed E-state index contributed by atoms with van der Waals surface area (Å²) >= 11 is 0. The molecule has 6 nitrogen and oxygen atoms in total. The summed E-state index contributed by atoms with van der Waals surface area (Å²) < 4.78 is 9.79. The molecule has 0 amide bonds. The first kappa shape index (κ1) is 21.7. The summed E-state index contributed by atoms with van der Waals surface area (Å²) in [6, 6.07) is 5.58. The van der Waals surface area contributed by atoms with Gasteiger partial charge in [0.1, 0.15) is 23.3 Å². The smallest absolute Gasteiger partial charge is 0.348 e. The maximum atomic E-state index is 11.9. The molecule has 0 saturated heterocycles. The van der Waals surface area contributed by atoms with Crippen molar-refractivity contribution < 1.29 is 19.1 Å². The van der Waals surface area contributed by atoms with Crippen LogP contribution in [0.5, 0.6) is 0 Å². The number of nitriles is 2. The Morgan fingerprint density at radius 3 is 1.56 bits per heavy atom. The van der Waals surface area contributed by atoms with Crippen molar-refractivity contribution in [2.45, 2.75) is 34.6 Å². The molecule has 0 bridgehead atoms. The molecule has 1 aromatic carbocycles. The highest BCUT2D eigenvalue weighted by atomic mass is 16.5. The van der Waals surface area contributed by atoms with E-state index in [4.69, 9.17) is 9.47 Å². The number of hydrogen-bond acceptors (Lipinski definition) is 6. The number of rotatable bonds is 6. The van der Waals surface area contributed by atoms with Crippen molar-refractivity contribution in [3.8, 4) is 12.1 Å². The van der Waals surface area contributed by atoms with Crippen molar-refractivity contribution in [1.82, 2.24) is 0 Å². The number of carbonyl (C=O) groups excluding carboxylic acids is 2. The average molecular weight is 366 g/mol. The normalized spacial score (nSPS) is 11.4. The van der Waals surface area contributed by atoms with E-state index in [0.29, 0.717) is 11.1 Å². The second-order valence-electron chi connectivity index (χ2n) is 5.74. The number of aryl methyl sites for hydroxylation is 2. The van der Waals surface area contributed by atoms with E-state index >= 15 is 0 Å². The van der Waals surface area contributed by atoms with E-state index in [1.807, 2.05) is 32.1 Å². The first-order valence-corrected chi connectivity index (χ1v) is 8.49. The summed E-state index contributed by atoms with van der Waals surface area (Å²) in [5.74, 6) is -1.39. The summed E-state index contributed by atoms with van der Waals surface area (Å²) in [6.45, 7) is 9.18. The van der Waals surface area contributed by atoms with E-state index in [-0.39, 0.29) is 24.4 Å². The number of esters is 2. The number of nitrogens with zero attached hydrogens (tertiary/aromatic N) is 2. The SMILES string of the molecule is CCOC(=O)/C(C#N)=C\c1c(C)cc(C)c(/C=C(\C#N)C(=O)OCC)c1C. The van der Waals surface area contributed by atoms with Crippen molar-refractivity contribution in [3.05, 3.63) is 45.0 Å². The van der Waals surface area contributed by atoms with Gasteiger partial charge >= 0.3 is 11.9 Å². The largest absolute Gasteiger partial charge is 0.462 e. The highest BCUT2D eigenvalue weighted by molar-refractivity contribution is 6.00. The van der Waals surface area contributed by atoms with E-state index in [2.05, 4.69) is 0 Å². The first-order valence-electron chi connectivity index (χ1n) is 8.49. The first-order chi connectivity index (χ1) is 12.8. The summed E-state index contributed by atoms with van der Waals surface area (Å²) in [5.41, 5.74) is 3.54. The van der Waals surface area contributed by atoms with Gasteiger partial charge in [0.15, 0.2) is 0 Å². The predicted octanol–water partition coefficient (Wildman–Crippen LogP) is 3.55. The van der Waals surface area contributed by atoms with Crippen LogP contribution in [0.1, 0.15) is 41.7 Å². The van der Waals surface area contributed by atoms with E-state index < -0.39 is 11.9 Å². The van der Waals surface area contributed by atoms with E-state index in [9.17, 15) is 20.1 Å². The molecule has 0 saturated carbocycles. The molecule has 1 aromatic rings. The molecule has 0 aliphatic carbocycles. The van der Waals surface area contributed by atoms with Crippen molar-refractivity contribution in [3.63, 3.8) is 0 Å². The lowest BCUT2D eigenvalue weighted by atomic mass is 9.91. The Morgan fingerprint density at radius 1 is 0.889 bits per heavy atom. The van der Waals surface area contributed by atoms with Crippen LogP contribution in [0.4, 0.5) is 0 Å². The monoisotopic (exact) mass is 366 g/mol. The standard InChI is InChI=1S/C21H22N2O4/c1-6-26-20(24)16(11-22)9-18-13(3)8-14(4)19(15(18)5)10-17(12-23)21(25)27-7-2/h8-10H,6-7H2,1-5H3/b16-9-,17-10+. The number of benzene rings is 1. The topological polar surface area (TPSA) is 100 Å². The molecule has 0 spiro atoms. The maximum absolute atomic E-state index is 11.9. The van der Waals surface area contributed by atoms with Crippen molar-refractivity contribution in [2.75, 3.05) is 13.2 Å². The molecule has 0 fully saturated rings. The lowest BCUT2D eigenvalue weighted by molar-refractivity contribution is -0.138. The van der Waals surface area contributed by atoms with Gasteiger partial charge in [0.05, 0.1) is 13.2 Å². The Labute approximate surface area is 159 Å². The second kappa shape index (κ2) is 9.94. The van der Waals surface area contributed by atoms with Gasteiger partial charge in [-0.2, -0.15) is 10.5 Å². The van der Waals surface area contributed by atoms with E-state index in [1.165, 1.54) is 12.2 Å². The number of hydrogen-bond donors (Lipinski definition) is 0. The van der Waals surface area contributed by atoms with Crippen LogP contribution in [0.2, 0.25) is 0 Å². The zero-order chi connectivity index (χ0) is 20.6. The molecule has 0 unspecified atom stereocenters. The molecular formula is C21H22N2O4. The molecule has 1 rings (SSSR count). The Kier molecular flexibility index (Phi) is 7.97. The Balaban J connectivity index is 3.59. The molecule has 27 heavy (non-hydrogen) atoms. The van der Waals surface area contributed by atoms with Gasteiger partial charge in [-0.05, 0) is 74.6 Å². The molecular weight excluding hydrogens is 344 g/mol. The third kappa shape index (κ3) is 5.29. The van der Waals surface area contributed by atoms with Gasteiger partial charge in [-0.15, -0.1) is 0 Å². The van der Waals surface area contributed by atoms with Gasteiger partial charge in [-0.3, -0.25) is 0 Å². The molecule has 6 heteroatoms. The molecule has 0 aliphatic rings. The summed E-state index contributed by atoms with van der Waals surface area (Å²) in [5, 5.41) is 18.5. The molecule has 140 valence electrons. The van der Waals surface area contributed by atoms with E-state index in [1.54, 1.807) is 20.8 Å². The van der Waals surface area contributed by atoms with Gasteiger partial charge in [0, 0.05) is 0 Å². The molecule has 0 atom stereocenters. The fourth-order valence-corrected chi connectivity index (χ4v) is 2.64. The van der Waals surface area contributed by atoms with Crippen molar-refractivity contribution >= 4 is 24.1 Å². The highest BCUT2D eigenvalue weighted by Gasteiger charge is 2.16. The van der Waals surface area contributed by atoms with Crippen LogP contribution in [0.25, 0.3) is 12.2 Å². The zero-order valence-corrected chi connectivity index (χ0v) is 16.2.